The number of benzene rings is 2. The lowest BCUT2D eigenvalue weighted by molar-refractivity contribution is -0.274. The van der Waals surface area contributed by atoms with Gasteiger partial charge in [-0.3, -0.25) is 4.99 Å². The number of ether oxygens (including phenoxy) is 1. The number of nitrogens with one attached hydrogen (secondary N) is 1. The molecule has 0 amide bonds. The smallest absolute Gasteiger partial charge is 0.404 e. The monoisotopic (exact) mass is 508 g/mol. The standard InChI is InChI=1S/C19H23F3N4O.HI/c1-26(15-9-3-2-4-10-15)14-8-7-13-24-18(23)25-16-11-5-6-12-17(16)27-19(20,21)22;/h2-6,9-12H,7-8,13-14H2,1H3,(H3,23,24,25);1H. The number of hydrogen-bond donors (Lipinski definition) is 2. The zero-order chi connectivity index (χ0) is 19.7. The molecule has 2 aromatic rings. The Balaban J connectivity index is 0.00000392. The molecule has 0 aliphatic carbocycles. The molecule has 0 aliphatic heterocycles. The van der Waals surface area contributed by atoms with Crippen molar-refractivity contribution in [3.8, 4) is 5.75 Å². The Labute approximate surface area is 179 Å². The van der Waals surface area contributed by atoms with Gasteiger partial charge < -0.3 is 20.7 Å². The third-order valence-corrected chi connectivity index (χ3v) is 3.76. The summed E-state index contributed by atoms with van der Waals surface area (Å²) >= 11 is 0. The summed E-state index contributed by atoms with van der Waals surface area (Å²) in [6.07, 6.45) is -3.05. The number of nitrogens with two attached hydrogens (primary N) is 1. The number of halogens is 4. The highest BCUT2D eigenvalue weighted by Crippen LogP contribution is 2.29. The number of aliphatic imine (C=N–C) groups is 1. The van der Waals surface area contributed by atoms with Crippen molar-refractivity contribution in [3.05, 3.63) is 54.6 Å². The lowest BCUT2D eigenvalue weighted by atomic mass is 10.2. The van der Waals surface area contributed by atoms with Gasteiger partial charge in [0.25, 0.3) is 0 Å². The molecule has 0 aliphatic rings. The minimum atomic E-state index is -4.77. The molecule has 5 nitrogen and oxygen atoms in total. The predicted octanol–water partition coefficient (Wildman–Crippen LogP) is 4.85. The minimum Gasteiger partial charge on any atom is -0.404 e. The third-order valence-electron chi connectivity index (χ3n) is 3.76. The summed E-state index contributed by atoms with van der Waals surface area (Å²) in [5, 5.41) is 2.65. The van der Waals surface area contributed by atoms with E-state index in [0.29, 0.717) is 6.54 Å². The van der Waals surface area contributed by atoms with Crippen LogP contribution in [0.5, 0.6) is 5.75 Å². The molecule has 0 saturated heterocycles. The zero-order valence-corrected chi connectivity index (χ0v) is 17.8. The third kappa shape index (κ3) is 8.68. The van der Waals surface area contributed by atoms with Gasteiger partial charge in [0.05, 0.1) is 5.69 Å². The van der Waals surface area contributed by atoms with Crippen LogP contribution >= 0.6 is 24.0 Å². The molecule has 0 radical (unpaired) electrons. The largest absolute Gasteiger partial charge is 0.573 e. The molecule has 0 heterocycles. The van der Waals surface area contributed by atoms with Gasteiger partial charge in [-0.25, -0.2) is 0 Å². The number of hydrogen-bond acceptors (Lipinski definition) is 3. The van der Waals surface area contributed by atoms with E-state index in [4.69, 9.17) is 5.73 Å². The fourth-order valence-electron chi connectivity index (χ4n) is 2.43. The first-order valence-corrected chi connectivity index (χ1v) is 8.53. The normalized spacial score (nSPS) is 11.5. The average molecular weight is 508 g/mol. The van der Waals surface area contributed by atoms with Crippen LogP contribution in [0.1, 0.15) is 12.8 Å². The van der Waals surface area contributed by atoms with Gasteiger partial charge in [0.15, 0.2) is 11.7 Å². The SMILES string of the molecule is CN(CCCCN=C(N)Nc1ccccc1OC(F)(F)F)c1ccccc1.I. The van der Waals surface area contributed by atoms with Crippen LogP contribution < -0.4 is 20.7 Å². The fourth-order valence-corrected chi connectivity index (χ4v) is 2.43. The van der Waals surface area contributed by atoms with Crippen LogP contribution in [0.25, 0.3) is 0 Å². The summed E-state index contributed by atoms with van der Waals surface area (Å²) in [5.74, 6) is -0.308. The highest BCUT2D eigenvalue weighted by Gasteiger charge is 2.32. The molecule has 9 heteroatoms. The molecule has 28 heavy (non-hydrogen) atoms. The van der Waals surface area contributed by atoms with Crippen molar-refractivity contribution in [2.24, 2.45) is 10.7 Å². The van der Waals surface area contributed by atoms with Crippen LogP contribution in [0.3, 0.4) is 0 Å². The summed E-state index contributed by atoms with van der Waals surface area (Å²) in [7, 11) is 2.02. The number of nitrogens with zero attached hydrogens (tertiary/aromatic N) is 2. The molecule has 0 fully saturated rings. The highest BCUT2D eigenvalue weighted by atomic mass is 127. The van der Waals surface area contributed by atoms with Crippen LogP contribution in [0.4, 0.5) is 24.5 Å². The average Bonchev–Trinajstić information content (AvgIpc) is 2.62. The van der Waals surface area contributed by atoms with Crippen LogP contribution in [0.2, 0.25) is 0 Å². The first-order chi connectivity index (χ1) is 12.8. The van der Waals surface area contributed by atoms with Crippen molar-refractivity contribution in [2.75, 3.05) is 30.4 Å². The van der Waals surface area contributed by atoms with E-state index in [2.05, 4.69) is 19.9 Å². The maximum absolute atomic E-state index is 12.4. The first-order valence-electron chi connectivity index (χ1n) is 8.53. The number of guanidine groups is 1. The van der Waals surface area contributed by atoms with E-state index in [-0.39, 0.29) is 41.4 Å². The number of rotatable bonds is 8. The minimum absolute atomic E-state index is 0. The number of unbranched alkanes of at least 4 members (excludes halogenated alkanes) is 1. The van der Waals surface area contributed by atoms with Gasteiger partial charge in [-0.15, -0.1) is 37.1 Å². The first kappa shape index (κ1) is 23.9. The topological polar surface area (TPSA) is 62.9 Å². The lowest BCUT2D eigenvalue weighted by Crippen LogP contribution is -2.25. The van der Waals surface area contributed by atoms with Crippen molar-refractivity contribution in [1.29, 1.82) is 0 Å². The molecule has 0 aromatic heterocycles. The number of anilines is 2. The van der Waals surface area contributed by atoms with Gasteiger partial charge in [0.2, 0.25) is 0 Å². The van der Waals surface area contributed by atoms with Crippen molar-refractivity contribution in [1.82, 2.24) is 0 Å². The molecule has 0 saturated carbocycles. The molecule has 0 atom stereocenters. The fraction of sp³-hybridized carbons (Fsp3) is 0.316. The van der Waals surface area contributed by atoms with Crippen molar-refractivity contribution < 1.29 is 17.9 Å². The highest BCUT2D eigenvalue weighted by molar-refractivity contribution is 14.0. The van der Waals surface area contributed by atoms with Crippen molar-refractivity contribution >= 4 is 41.3 Å². The summed E-state index contributed by atoms with van der Waals surface area (Å²) in [6.45, 7) is 1.35. The summed E-state index contributed by atoms with van der Waals surface area (Å²) in [6, 6.07) is 15.7. The van der Waals surface area contributed by atoms with Gasteiger partial charge in [0.1, 0.15) is 0 Å². The van der Waals surface area contributed by atoms with Crippen molar-refractivity contribution in [3.63, 3.8) is 0 Å². The molecular formula is C19H24F3IN4O. The van der Waals surface area contributed by atoms with Crippen molar-refractivity contribution in [2.45, 2.75) is 19.2 Å². The Hall–Kier alpha value is -2.17. The molecular weight excluding hydrogens is 484 g/mol. The lowest BCUT2D eigenvalue weighted by Gasteiger charge is -2.18. The van der Waals surface area contributed by atoms with Gasteiger partial charge >= 0.3 is 6.36 Å². The van der Waals surface area contributed by atoms with E-state index < -0.39 is 6.36 Å². The number of alkyl halides is 3. The second kappa shape index (κ2) is 11.6. The second-order valence-electron chi connectivity index (χ2n) is 5.90. The van der Waals surface area contributed by atoms with E-state index in [0.717, 1.165) is 25.1 Å². The molecule has 0 unspecified atom stereocenters. The molecule has 0 spiro atoms. The molecule has 2 rings (SSSR count). The molecule has 3 N–H and O–H groups in total. The molecule has 2 aromatic carbocycles. The Morgan fingerprint density at radius 3 is 2.39 bits per heavy atom. The number of para-hydroxylation sites is 3. The Kier molecular flexibility index (Phi) is 9.91. The van der Waals surface area contributed by atoms with Crippen LogP contribution in [0.15, 0.2) is 59.6 Å². The maximum Gasteiger partial charge on any atom is 0.573 e. The van der Waals surface area contributed by atoms with Gasteiger partial charge in [-0.05, 0) is 37.1 Å². The predicted molar refractivity (Wildman–Crippen MR) is 118 cm³/mol. The van der Waals surface area contributed by atoms with E-state index in [1.165, 1.54) is 18.2 Å². The Bertz CT molecular complexity index is 741. The van der Waals surface area contributed by atoms with Gasteiger partial charge in [-0.2, -0.15) is 0 Å². The summed E-state index contributed by atoms with van der Waals surface area (Å²) in [5.41, 5.74) is 7.02. The van der Waals surface area contributed by atoms with E-state index >= 15 is 0 Å². The van der Waals surface area contributed by atoms with Gasteiger partial charge in [0, 0.05) is 25.8 Å². The van der Waals surface area contributed by atoms with Crippen LogP contribution in [0, 0.1) is 0 Å². The van der Waals surface area contributed by atoms with Crippen LogP contribution in [-0.4, -0.2) is 32.5 Å². The quantitative estimate of drug-likeness (QED) is 0.232. The van der Waals surface area contributed by atoms with Gasteiger partial charge in [-0.1, -0.05) is 30.3 Å². The summed E-state index contributed by atoms with van der Waals surface area (Å²) in [4.78, 5) is 6.30. The van der Waals surface area contributed by atoms with E-state index in [1.54, 1.807) is 6.07 Å². The van der Waals surface area contributed by atoms with E-state index in [9.17, 15) is 13.2 Å². The summed E-state index contributed by atoms with van der Waals surface area (Å²) < 4.78 is 41.2. The second-order valence-corrected chi connectivity index (χ2v) is 5.90. The zero-order valence-electron chi connectivity index (χ0n) is 15.4. The molecule has 154 valence electrons. The molecule has 0 bridgehead atoms. The Morgan fingerprint density at radius 2 is 1.71 bits per heavy atom. The van der Waals surface area contributed by atoms with Crippen LogP contribution in [-0.2, 0) is 0 Å². The van der Waals surface area contributed by atoms with E-state index in [1.807, 2.05) is 37.4 Å². The maximum atomic E-state index is 12.4. The Morgan fingerprint density at radius 1 is 1.07 bits per heavy atom.